The maximum Gasteiger partial charge on any atom is 0.221 e. The fourth-order valence-electron chi connectivity index (χ4n) is 2.04. The van der Waals surface area contributed by atoms with Crippen molar-refractivity contribution in [3.05, 3.63) is 46.0 Å². The molecular weight excluding hydrogens is 281 g/mol. The first-order chi connectivity index (χ1) is 9.40. The van der Waals surface area contributed by atoms with Gasteiger partial charge in [0.25, 0.3) is 0 Å². The number of hydrogen-bond acceptors (Lipinski definition) is 2. The number of amides is 1. The summed E-state index contributed by atoms with van der Waals surface area (Å²) in [5.41, 5.74) is 2.49. The summed E-state index contributed by atoms with van der Waals surface area (Å²) in [4.78, 5) is 11.2. The van der Waals surface area contributed by atoms with Gasteiger partial charge in [0.15, 0.2) is 0 Å². The molecule has 20 heavy (non-hydrogen) atoms. The standard InChI is InChI=1S/C14H15ClFN3O/c1-8-14(17-10(3)20)9(2)19(18-8)7-11-12(15)5-4-6-13(11)16/h4-6H,7H2,1-3H3,(H,17,20). The van der Waals surface area contributed by atoms with Gasteiger partial charge in [0.05, 0.1) is 23.6 Å². The summed E-state index contributed by atoms with van der Waals surface area (Å²) in [5.74, 6) is -0.536. The Morgan fingerprint density at radius 3 is 2.75 bits per heavy atom. The lowest BCUT2D eigenvalue weighted by Gasteiger charge is -2.08. The molecule has 1 heterocycles. The maximum absolute atomic E-state index is 13.8. The van der Waals surface area contributed by atoms with Gasteiger partial charge in [-0.25, -0.2) is 4.39 Å². The number of halogens is 2. The van der Waals surface area contributed by atoms with Crippen LogP contribution in [0.15, 0.2) is 18.2 Å². The molecule has 0 aliphatic rings. The average Bonchev–Trinajstić information content (AvgIpc) is 2.61. The summed E-state index contributed by atoms with van der Waals surface area (Å²) in [6.07, 6.45) is 0. The second-order valence-corrected chi connectivity index (χ2v) is 4.99. The van der Waals surface area contributed by atoms with Crippen LogP contribution < -0.4 is 5.32 Å². The van der Waals surface area contributed by atoms with E-state index in [9.17, 15) is 9.18 Å². The molecule has 0 saturated carbocycles. The first-order valence-electron chi connectivity index (χ1n) is 6.14. The quantitative estimate of drug-likeness (QED) is 0.944. The summed E-state index contributed by atoms with van der Waals surface area (Å²) < 4.78 is 15.4. The van der Waals surface area contributed by atoms with Crippen LogP contribution in [0, 0.1) is 19.7 Å². The lowest BCUT2D eigenvalue weighted by molar-refractivity contribution is -0.114. The summed E-state index contributed by atoms with van der Waals surface area (Å²) in [6.45, 7) is 5.26. The lowest BCUT2D eigenvalue weighted by atomic mass is 10.2. The summed E-state index contributed by atoms with van der Waals surface area (Å²) in [5, 5.41) is 7.40. The third-order valence-corrected chi connectivity index (χ3v) is 3.41. The van der Waals surface area contributed by atoms with Gasteiger partial charge in [-0.3, -0.25) is 9.48 Å². The van der Waals surface area contributed by atoms with E-state index in [0.29, 0.717) is 22.0 Å². The second kappa shape index (κ2) is 5.63. The first-order valence-corrected chi connectivity index (χ1v) is 6.52. The largest absolute Gasteiger partial charge is 0.323 e. The predicted octanol–water partition coefficient (Wildman–Crippen LogP) is 3.30. The van der Waals surface area contributed by atoms with Gasteiger partial charge in [0.1, 0.15) is 5.82 Å². The zero-order chi connectivity index (χ0) is 14.9. The highest BCUT2D eigenvalue weighted by molar-refractivity contribution is 6.31. The van der Waals surface area contributed by atoms with Gasteiger partial charge < -0.3 is 5.32 Å². The van der Waals surface area contributed by atoms with Crippen molar-refractivity contribution in [2.45, 2.75) is 27.3 Å². The monoisotopic (exact) mass is 295 g/mol. The minimum atomic E-state index is -0.369. The SMILES string of the molecule is CC(=O)Nc1c(C)nn(Cc2c(F)cccc2Cl)c1C. The van der Waals surface area contributed by atoms with Gasteiger partial charge in [0.2, 0.25) is 5.91 Å². The Morgan fingerprint density at radius 2 is 2.15 bits per heavy atom. The van der Waals surface area contributed by atoms with E-state index in [1.54, 1.807) is 23.7 Å². The number of aryl methyl sites for hydroxylation is 1. The lowest BCUT2D eigenvalue weighted by Crippen LogP contribution is -2.09. The molecule has 0 fully saturated rings. The number of hydrogen-bond donors (Lipinski definition) is 1. The van der Waals surface area contributed by atoms with E-state index in [1.165, 1.54) is 13.0 Å². The smallest absolute Gasteiger partial charge is 0.221 e. The van der Waals surface area contributed by atoms with E-state index in [1.807, 2.05) is 6.92 Å². The minimum Gasteiger partial charge on any atom is -0.323 e. The molecule has 2 rings (SSSR count). The van der Waals surface area contributed by atoms with E-state index in [2.05, 4.69) is 10.4 Å². The molecule has 1 aromatic carbocycles. The molecule has 0 unspecified atom stereocenters. The molecule has 0 radical (unpaired) electrons. The van der Waals surface area contributed by atoms with Gasteiger partial charge in [-0.1, -0.05) is 17.7 Å². The van der Waals surface area contributed by atoms with Crippen LogP contribution >= 0.6 is 11.6 Å². The third kappa shape index (κ3) is 2.82. The van der Waals surface area contributed by atoms with Crippen molar-refractivity contribution in [3.8, 4) is 0 Å². The Bertz CT molecular complexity index is 646. The number of anilines is 1. The van der Waals surface area contributed by atoms with Crippen molar-refractivity contribution >= 4 is 23.2 Å². The molecule has 106 valence electrons. The zero-order valence-corrected chi connectivity index (χ0v) is 12.3. The molecule has 0 aliphatic carbocycles. The van der Waals surface area contributed by atoms with Crippen LogP contribution in [0.4, 0.5) is 10.1 Å². The van der Waals surface area contributed by atoms with Gasteiger partial charge in [-0.2, -0.15) is 5.10 Å². The van der Waals surface area contributed by atoms with Crippen LogP contribution in [0.1, 0.15) is 23.9 Å². The van der Waals surface area contributed by atoms with Crippen LogP contribution in [0.5, 0.6) is 0 Å². The highest BCUT2D eigenvalue weighted by Crippen LogP contribution is 2.24. The summed E-state index contributed by atoms with van der Waals surface area (Å²) in [7, 11) is 0. The molecule has 0 spiro atoms. The van der Waals surface area contributed by atoms with Crippen molar-refractivity contribution in [2.24, 2.45) is 0 Å². The molecular formula is C14H15ClFN3O. The van der Waals surface area contributed by atoms with E-state index >= 15 is 0 Å². The van der Waals surface area contributed by atoms with Crippen molar-refractivity contribution in [3.63, 3.8) is 0 Å². The van der Waals surface area contributed by atoms with E-state index in [4.69, 9.17) is 11.6 Å². The Kier molecular flexibility index (Phi) is 4.09. The predicted molar refractivity (Wildman–Crippen MR) is 76.5 cm³/mol. The van der Waals surface area contributed by atoms with E-state index in [-0.39, 0.29) is 18.3 Å². The first kappa shape index (κ1) is 14.5. The van der Waals surface area contributed by atoms with Gasteiger partial charge in [-0.15, -0.1) is 0 Å². The zero-order valence-electron chi connectivity index (χ0n) is 11.5. The van der Waals surface area contributed by atoms with Crippen LogP contribution in [-0.2, 0) is 11.3 Å². The third-order valence-electron chi connectivity index (χ3n) is 3.05. The average molecular weight is 296 g/mol. The molecule has 2 aromatic rings. The van der Waals surface area contributed by atoms with E-state index < -0.39 is 0 Å². The van der Waals surface area contributed by atoms with Crippen LogP contribution in [0.2, 0.25) is 5.02 Å². The van der Waals surface area contributed by atoms with Crippen molar-refractivity contribution < 1.29 is 9.18 Å². The van der Waals surface area contributed by atoms with Crippen molar-refractivity contribution in [1.82, 2.24) is 9.78 Å². The molecule has 0 atom stereocenters. The number of carbonyl (C=O) groups excluding carboxylic acids is 1. The molecule has 0 bridgehead atoms. The molecule has 6 heteroatoms. The van der Waals surface area contributed by atoms with Crippen LogP contribution in [0.3, 0.4) is 0 Å². The number of carbonyl (C=O) groups is 1. The fraction of sp³-hybridized carbons (Fsp3) is 0.286. The highest BCUT2D eigenvalue weighted by Gasteiger charge is 2.15. The van der Waals surface area contributed by atoms with Gasteiger partial charge >= 0.3 is 0 Å². The molecule has 1 amide bonds. The Morgan fingerprint density at radius 1 is 1.45 bits per heavy atom. The van der Waals surface area contributed by atoms with Gasteiger partial charge in [0, 0.05) is 17.5 Å². The van der Waals surface area contributed by atoms with Crippen LogP contribution in [0.25, 0.3) is 0 Å². The topological polar surface area (TPSA) is 46.9 Å². The second-order valence-electron chi connectivity index (χ2n) is 4.58. The molecule has 0 aliphatic heterocycles. The summed E-state index contributed by atoms with van der Waals surface area (Å²) >= 11 is 6.01. The summed E-state index contributed by atoms with van der Waals surface area (Å²) in [6, 6.07) is 4.56. The normalized spacial score (nSPS) is 10.7. The molecule has 1 aromatic heterocycles. The number of rotatable bonds is 3. The van der Waals surface area contributed by atoms with Crippen molar-refractivity contribution in [2.75, 3.05) is 5.32 Å². The molecule has 1 N–H and O–H groups in total. The van der Waals surface area contributed by atoms with Crippen molar-refractivity contribution in [1.29, 1.82) is 0 Å². The number of nitrogens with one attached hydrogen (secondary N) is 1. The number of nitrogens with zero attached hydrogens (tertiary/aromatic N) is 2. The number of aromatic nitrogens is 2. The Labute approximate surface area is 121 Å². The van der Waals surface area contributed by atoms with Gasteiger partial charge in [-0.05, 0) is 26.0 Å². The highest BCUT2D eigenvalue weighted by atomic mass is 35.5. The fourth-order valence-corrected chi connectivity index (χ4v) is 2.26. The maximum atomic E-state index is 13.8. The Balaban J connectivity index is 2.38. The molecule has 0 saturated heterocycles. The van der Waals surface area contributed by atoms with E-state index in [0.717, 1.165) is 5.69 Å². The number of benzene rings is 1. The Hall–Kier alpha value is -1.88. The van der Waals surface area contributed by atoms with Crippen LogP contribution in [-0.4, -0.2) is 15.7 Å². The minimum absolute atomic E-state index is 0.167. The molecule has 4 nitrogen and oxygen atoms in total.